The zero-order valence-electron chi connectivity index (χ0n) is 17.6. The van der Waals surface area contributed by atoms with Crippen molar-refractivity contribution in [1.82, 2.24) is 0 Å². The Morgan fingerprint density at radius 2 is 2.10 bits per heavy atom. The third kappa shape index (κ3) is 4.77. The maximum absolute atomic E-state index is 11.4. The lowest BCUT2D eigenvalue weighted by atomic mass is 9.97. The van der Waals surface area contributed by atoms with Crippen LogP contribution in [0.3, 0.4) is 0 Å². The number of nitrogens with zero attached hydrogens (tertiary/aromatic N) is 2. The van der Waals surface area contributed by atoms with E-state index in [-0.39, 0.29) is 5.56 Å². The number of allylic oxidation sites excluding steroid dienone is 4. The molecule has 3 rings (SSSR count). The molecule has 0 heterocycles. The van der Waals surface area contributed by atoms with Crippen molar-refractivity contribution in [2.45, 2.75) is 31.6 Å². The molecule has 1 N–H and O–H groups in total. The van der Waals surface area contributed by atoms with E-state index in [1.54, 1.807) is 30.0 Å². The first-order valence-corrected chi connectivity index (χ1v) is 11.3. The van der Waals surface area contributed by atoms with E-state index in [9.17, 15) is 15.2 Å². The Kier molecular flexibility index (Phi) is 7.02. The Morgan fingerprint density at radius 3 is 2.70 bits per heavy atom. The van der Waals surface area contributed by atoms with E-state index in [1.165, 1.54) is 5.70 Å². The summed E-state index contributed by atoms with van der Waals surface area (Å²) < 4.78 is 0. The van der Waals surface area contributed by atoms with Crippen LogP contribution in [0.5, 0.6) is 0 Å². The van der Waals surface area contributed by atoms with Crippen molar-refractivity contribution in [3.05, 3.63) is 71.5 Å². The van der Waals surface area contributed by atoms with E-state index >= 15 is 0 Å². The van der Waals surface area contributed by atoms with Crippen LogP contribution in [0, 0.1) is 17.2 Å². The standard InChI is InChI=1S/C25H26N2O2S/c1-17(2)16-27(21-10-5-4-6-11-21)23-13-20(15-26)22(14-24(23)30-3)18-8-7-9-19(12-18)25(28)29/h4-5,7-10,12-14,17H,6,11,16H2,1-3H3,(H,28,29). The lowest BCUT2D eigenvalue weighted by molar-refractivity contribution is 0.0697. The summed E-state index contributed by atoms with van der Waals surface area (Å²) in [6.07, 6.45) is 10.5. The molecular formula is C25H26N2O2S. The molecule has 154 valence electrons. The lowest BCUT2D eigenvalue weighted by Crippen LogP contribution is -2.28. The molecule has 0 saturated carbocycles. The van der Waals surface area contributed by atoms with Crippen LogP contribution in [0.2, 0.25) is 0 Å². The van der Waals surface area contributed by atoms with E-state index < -0.39 is 5.97 Å². The topological polar surface area (TPSA) is 64.3 Å². The smallest absolute Gasteiger partial charge is 0.335 e. The fourth-order valence-electron chi connectivity index (χ4n) is 3.64. The molecule has 0 spiro atoms. The zero-order chi connectivity index (χ0) is 21.7. The molecule has 0 bridgehead atoms. The number of anilines is 1. The van der Waals surface area contributed by atoms with Crippen molar-refractivity contribution >= 4 is 23.4 Å². The minimum absolute atomic E-state index is 0.215. The number of hydrogen-bond acceptors (Lipinski definition) is 4. The summed E-state index contributed by atoms with van der Waals surface area (Å²) in [6, 6.07) is 13.1. The van der Waals surface area contributed by atoms with Crippen LogP contribution < -0.4 is 4.90 Å². The maximum atomic E-state index is 11.4. The molecule has 30 heavy (non-hydrogen) atoms. The molecule has 1 aliphatic carbocycles. The van der Waals surface area contributed by atoms with Gasteiger partial charge in [0.15, 0.2) is 0 Å². The van der Waals surface area contributed by atoms with Crippen LogP contribution in [-0.4, -0.2) is 23.9 Å². The number of nitriles is 1. The Morgan fingerprint density at radius 1 is 1.30 bits per heavy atom. The summed E-state index contributed by atoms with van der Waals surface area (Å²) in [7, 11) is 0. The molecule has 0 fully saturated rings. The summed E-state index contributed by atoms with van der Waals surface area (Å²) >= 11 is 1.64. The summed E-state index contributed by atoms with van der Waals surface area (Å²) in [6.45, 7) is 5.26. The lowest BCUT2D eigenvalue weighted by Gasteiger charge is -2.32. The molecule has 0 amide bonds. The summed E-state index contributed by atoms with van der Waals surface area (Å²) in [5.41, 5.74) is 4.55. The first-order valence-electron chi connectivity index (χ1n) is 10.0. The van der Waals surface area contributed by atoms with E-state index in [0.717, 1.165) is 41.1 Å². The first-order chi connectivity index (χ1) is 14.4. The van der Waals surface area contributed by atoms with Crippen molar-refractivity contribution in [2.75, 3.05) is 17.7 Å². The van der Waals surface area contributed by atoms with Gasteiger partial charge in [-0.05, 0) is 60.9 Å². The van der Waals surface area contributed by atoms with E-state index in [1.807, 2.05) is 24.5 Å². The van der Waals surface area contributed by atoms with E-state index in [0.29, 0.717) is 11.5 Å². The number of benzene rings is 2. The Labute approximate surface area is 182 Å². The molecule has 0 radical (unpaired) electrons. The Balaban J connectivity index is 2.16. The largest absolute Gasteiger partial charge is 0.478 e. The van der Waals surface area contributed by atoms with Gasteiger partial charge in [-0.15, -0.1) is 11.8 Å². The van der Waals surface area contributed by atoms with Crippen molar-refractivity contribution < 1.29 is 9.90 Å². The van der Waals surface area contributed by atoms with Gasteiger partial charge in [-0.25, -0.2) is 4.79 Å². The van der Waals surface area contributed by atoms with Crippen LogP contribution in [0.25, 0.3) is 11.1 Å². The molecule has 0 atom stereocenters. The third-order valence-electron chi connectivity index (χ3n) is 5.04. The first kappa shape index (κ1) is 21.7. The molecular weight excluding hydrogens is 392 g/mol. The van der Waals surface area contributed by atoms with Gasteiger partial charge in [0.1, 0.15) is 0 Å². The minimum atomic E-state index is -0.975. The molecule has 5 heteroatoms. The number of aromatic carboxylic acids is 1. The minimum Gasteiger partial charge on any atom is -0.478 e. The maximum Gasteiger partial charge on any atom is 0.335 e. The average Bonchev–Trinajstić information content (AvgIpc) is 2.77. The number of rotatable bonds is 7. The van der Waals surface area contributed by atoms with Gasteiger partial charge >= 0.3 is 5.97 Å². The second kappa shape index (κ2) is 9.69. The van der Waals surface area contributed by atoms with Crippen molar-refractivity contribution in [2.24, 2.45) is 5.92 Å². The highest BCUT2D eigenvalue weighted by Crippen LogP contribution is 2.39. The second-order valence-electron chi connectivity index (χ2n) is 7.70. The predicted molar refractivity (Wildman–Crippen MR) is 124 cm³/mol. The quantitative estimate of drug-likeness (QED) is 0.531. The SMILES string of the molecule is CSc1cc(-c2cccc(C(=O)O)c2)c(C#N)cc1N(CC(C)C)C1=CC=CCC1. The molecule has 0 saturated heterocycles. The Hall–Kier alpha value is -2.97. The van der Waals surface area contributed by atoms with Gasteiger partial charge in [0.25, 0.3) is 0 Å². The fourth-order valence-corrected chi connectivity index (χ4v) is 4.26. The number of carboxylic acid groups (broad SMARTS) is 1. The highest BCUT2D eigenvalue weighted by Gasteiger charge is 2.20. The second-order valence-corrected chi connectivity index (χ2v) is 8.54. The van der Waals surface area contributed by atoms with Crippen LogP contribution in [0.4, 0.5) is 5.69 Å². The van der Waals surface area contributed by atoms with E-state index in [4.69, 9.17) is 0 Å². The summed E-state index contributed by atoms with van der Waals surface area (Å²) in [4.78, 5) is 14.8. The summed E-state index contributed by atoms with van der Waals surface area (Å²) in [5, 5.41) is 19.2. The highest BCUT2D eigenvalue weighted by atomic mass is 32.2. The number of carboxylic acids is 1. The molecule has 0 aromatic heterocycles. The number of hydrogen-bond donors (Lipinski definition) is 1. The predicted octanol–water partition coefficient (Wildman–Crippen LogP) is 6.34. The van der Waals surface area contributed by atoms with Crippen LogP contribution >= 0.6 is 11.8 Å². The number of thioether (sulfide) groups is 1. The van der Waals surface area contributed by atoms with Gasteiger partial charge < -0.3 is 10.0 Å². The van der Waals surface area contributed by atoms with Gasteiger partial charge in [-0.2, -0.15) is 5.26 Å². The van der Waals surface area contributed by atoms with Gasteiger partial charge in [-0.1, -0.05) is 38.1 Å². The fraction of sp³-hybridized carbons (Fsp3) is 0.280. The molecule has 0 unspecified atom stereocenters. The monoisotopic (exact) mass is 418 g/mol. The normalized spacial score (nSPS) is 13.1. The molecule has 0 aliphatic heterocycles. The summed E-state index contributed by atoms with van der Waals surface area (Å²) in [5.74, 6) is -0.513. The molecule has 2 aromatic rings. The third-order valence-corrected chi connectivity index (χ3v) is 5.80. The number of carbonyl (C=O) groups is 1. The van der Waals surface area contributed by atoms with Crippen molar-refractivity contribution in [3.63, 3.8) is 0 Å². The molecule has 1 aliphatic rings. The van der Waals surface area contributed by atoms with Gasteiger partial charge in [0.05, 0.1) is 22.9 Å². The Bertz CT molecular complexity index is 1050. The zero-order valence-corrected chi connectivity index (χ0v) is 18.4. The van der Waals surface area contributed by atoms with Crippen LogP contribution in [-0.2, 0) is 0 Å². The van der Waals surface area contributed by atoms with Crippen molar-refractivity contribution in [3.8, 4) is 17.2 Å². The highest BCUT2D eigenvalue weighted by molar-refractivity contribution is 7.98. The molecule has 4 nitrogen and oxygen atoms in total. The van der Waals surface area contributed by atoms with Crippen molar-refractivity contribution in [1.29, 1.82) is 5.26 Å². The van der Waals surface area contributed by atoms with Gasteiger partial charge in [0.2, 0.25) is 0 Å². The van der Waals surface area contributed by atoms with Gasteiger partial charge in [0, 0.05) is 22.7 Å². The average molecular weight is 419 g/mol. The molecule has 2 aromatic carbocycles. The van der Waals surface area contributed by atoms with E-state index in [2.05, 4.69) is 43.0 Å². The van der Waals surface area contributed by atoms with Gasteiger partial charge in [-0.3, -0.25) is 0 Å². The van der Waals surface area contributed by atoms with Crippen LogP contribution in [0.1, 0.15) is 42.6 Å². The van der Waals surface area contributed by atoms with Crippen LogP contribution in [0.15, 0.2) is 65.2 Å².